The molecule has 3 rings (SSSR count). The van der Waals surface area contributed by atoms with E-state index < -0.39 is 18.0 Å². The monoisotopic (exact) mass is 419 g/mol. The van der Waals surface area contributed by atoms with E-state index in [1.807, 2.05) is 54.6 Å². The van der Waals surface area contributed by atoms with Gasteiger partial charge in [0, 0.05) is 11.8 Å². The summed E-state index contributed by atoms with van der Waals surface area (Å²) in [4.78, 5) is 24.7. The Balaban J connectivity index is 1.54. The Kier molecular flexibility index (Phi) is 7.27. The molecule has 0 fully saturated rings. The number of carbonyl (C=O) groups is 2. The smallest absolute Gasteiger partial charge is 0.311 e. The number of nitrogens with one attached hydrogen (secondary N) is 1. The highest BCUT2D eigenvalue weighted by molar-refractivity contribution is 5.95. The molecule has 0 saturated carbocycles. The highest BCUT2D eigenvalue weighted by Crippen LogP contribution is 2.29. The lowest BCUT2D eigenvalue weighted by atomic mass is 10.0. The van der Waals surface area contributed by atoms with Crippen LogP contribution < -0.4 is 14.8 Å². The standard InChI is InChI=1S/C25H25NO5/c1-17(25(28)26-21-13-14-22(29-2)23(16-21)30-3)31-24(27)15-18-9-11-20(12-10-18)19-7-5-4-6-8-19/h4-14,16-17H,15H2,1-3H3,(H,26,28). The maximum atomic E-state index is 12.4. The van der Waals surface area contributed by atoms with Crippen LogP contribution in [0.5, 0.6) is 11.5 Å². The minimum atomic E-state index is -0.941. The van der Waals surface area contributed by atoms with E-state index >= 15 is 0 Å². The Morgan fingerprint density at radius 1 is 0.839 bits per heavy atom. The van der Waals surface area contributed by atoms with Crippen LogP contribution in [0.25, 0.3) is 11.1 Å². The molecule has 6 nitrogen and oxygen atoms in total. The van der Waals surface area contributed by atoms with Crippen molar-refractivity contribution in [2.45, 2.75) is 19.4 Å². The summed E-state index contributed by atoms with van der Waals surface area (Å²) in [5.74, 6) is 0.143. The van der Waals surface area contributed by atoms with E-state index in [4.69, 9.17) is 14.2 Å². The number of hydrogen-bond acceptors (Lipinski definition) is 5. The summed E-state index contributed by atoms with van der Waals surface area (Å²) in [7, 11) is 3.05. The van der Waals surface area contributed by atoms with Gasteiger partial charge in [0.05, 0.1) is 20.6 Å². The second-order valence-corrected chi connectivity index (χ2v) is 6.93. The number of esters is 1. The van der Waals surface area contributed by atoms with E-state index in [2.05, 4.69) is 5.32 Å². The number of ether oxygens (including phenoxy) is 3. The number of methoxy groups -OCH3 is 2. The molecule has 31 heavy (non-hydrogen) atoms. The Morgan fingerprint density at radius 2 is 1.48 bits per heavy atom. The summed E-state index contributed by atoms with van der Waals surface area (Å²) in [6.07, 6.45) is -0.854. The Labute approximate surface area is 181 Å². The van der Waals surface area contributed by atoms with Crippen LogP contribution in [0.2, 0.25) is 0 Å². The van der Waals surface area contributed by atoms with Crippen LogP contribution in [0.3, 0.4) is 0 Å². The fourth-order valence-corrected chi connectivity index (χ4v) is 3.06. The zero-order valence-electron chi connectivity index (χ0n) is 17.8. The van der Waals surface area contributed by atoms with Crippen LogP contribution in [-0.2, 0) is 20.7 Å². The summed E-state index contributed by atoms with van der Waals surface area (Å²) in [5, 5.41) is 2.71. The van der Waals surface area contributed by atoms with Crippen molar-refractivity contribution >= 4 is 17.6 Å². The third-order valence-electron chi connectivity index (χ3n) is 4.74. The van der Waals surface area contributed by atoms with Crippen LogP contribution in [0.1, 0.15) is 12.5 Å². The maximum Gasteiger partial charge on any atom is 0.311 e. The van der Waals surface area contributed by atoms with Crippen molar-refractivity contribution in [3.8, 4) is 22.6 Å². The molecule has 0 bridgehead atoms. The Hall–Kier alpha value is -3.80. The minimum Gasteiger partial charge on any atom is -0.493 e. The highest BCUT2D eigenvalue weighted by Gasteiger charge is 2.19. The number of amides is 1. The second-order valence-electron chi connectivity index (χ2n) is 6.93. The average molecular weight is 419 g/mol. The van der Waals surface area contributed by atoms with Crippen LogP contribution in [-0.4, -0.2) is 32.2 Å². The van der Waals surface area contributed by atoms with Gasteiger partial charge >= 0.3 is 5.97 Å². The molecule has 3 aromatic carbocycles. The first-order valence-corrected chi connectivity index (χ1v) is 9.87. The van der Waals surface area contributed by atoms with Crippen molar-refractivity contribution in [3.63, 3.8) is 0 Å². The van der Waals surface area contributed by atoms with Gasteiger partial charge in [-0.25, -0.2) is 0 Å². The molecule has 0 aliphatic heterocycles. The SMILES string of the molecule is COc1ccc(NC(=O)C(C)OC(=O)Cc2ccc(-c3ccccc3)cc2)cc1OC. The lowest BCUT2D eigenvalue weighted by molar-refractivity contribution is -0.152. The number of carbonyl (C=O) groups excluding carboxylic acids is 2. The fourth-order valence-electron chi connectivity index (χ4n) is 3.06. The molecule has 0 aliphatic rings. The molecule has 0 radical (unpaired) electrons. The van der Waals surface area contributed by atoms with Gasteiger partial charge in [0.15, 0.2) is 17.6 Å². The van der Waals surface area contributed by atoms with Gasteiger partial charge in [0.2, 0.25) is 0 Å². The molecule has 3 aromatic rings. The molecule has 6 heteroatoms. The average Bonchev–Trinajstić information content (AvgIpc) is 2.79. The number of hydrogen-bond donors (Lipinski definition) is 1. The molecule has 0 heterocycles. The second kappa shape index (κ2) is 10.3. The molecular formula is C25H25NO5. The number of benzene rings is 3. The van der Waals surface area contributed by atoms with Crippen LogP contribution in [0.15, 0.2) is 72.8 Å². The van der Waals surface area contributed by atoms with Crippen molar-refractivity contribution in [2.24, 2.45) is 0 Å². The van der Waals surface area contributed by atoms with Gasteiger partial charge in [-0.2, -0.15) is 0 Å². The fraction of sp³-hybridized carbons (Fsp3) is 0.200. The first-order chi connectivity index (χ1) is 15.0. The van der Waals surface area contributed by atoms with Gasteiger partial charge in [-0.15, -0.1) is 0 Å². The van der Waals surface area contributed by atoms with Crippen LogP contribution >= 0.6 is 0 Å². The summed E-state index contributed by atoms with van der Waals surface area (Å²) < 4.78 is 15.7. The highest BCUT2D eigenvalue weighted by atomic mass is 16.5. The van der Waals surface area contributed by atoms with Gasteiger partial charge in [-0.05, 0) is 35.7 Å². The van der Waals surface area contributed by atoms with Crippen LogP contribution in [0, 0.1) is 0 Å². The van der Waals surface area contributed by atoms with Crippen LogP contribution in [0.4, 0.5) is 5.69 Å². The van der Waals surface area contributed by atoms with E-state index in [1.54, 1.807) is 18.2 Å². The first-order valence-electron chi connectivity index (χ1n) is 9.87. The van der Waals surface area contributed by atoms with E-state index in [0.29, 0.717) is 17.2 Å². The number of rotatable bonds is 8. The lowest BCUT2D eigenvalue weighted by Gasteiger charge is -2.15. The summed E-state index contributed by atoms with van der Waals surface area (Å²) in [5.41, 5.74) is 3.51. The molecule has 1 atom stereocenters. The largest absolute Gasteiger partial charge is 0.493 e. The molecule has 0 aliphatic carbocycles. The summed E-state index contributed by atoms with van der Waals surface area (Å²) >= 11 is 0. The molecule has 1 N–H and O–H groups in total. The minimum absolute atomic E-state index is 0.0864. The lowest BCUT2D eigenvalue weighted by Crippen LogP contribution is -2.30. The van der Waals surface area contributed by atoms with Gasteiger partial charge < -0.3 is 19.5 Å². The normalized spacial score (nSPS) is 11.3. The maximum absolute atomic E-state index is 12.4. The van der Waals surface area contributed by atoms with E-state index in [-0.39, 0.29) is 6.42 Å². The molecule has 0 aromatic heterocycles. The van der Waals surface area contributed by atoms with Gasteiger partial charge in [-0.1, -0.05) is 54.6 Å². The van der Waals surface area contributed by atoms with E-state index in [1.165, 1.54) is 21.1 Å². The first kappa shape index (κ1) is 21.9. The topological polar surface area (TPSA) is 73.9 Å². The predicted octanol–water partition coefficient (Wildman–Crippen LogP) is 4.48. The van der Waals surface area contributed by atoms with Gasteiger partial charge in [-0.3, -0.25) is 9.59 Å². The molecular weight excluding hydrogens is 394 g/mol. The van der Waals surface area contributed by atoms with Gasteiger partial charge in [0.1, 0.15) is 0 Å². The van der Waals surface area contributed by atoms with E-state index in [0.717, 1.165) is 16.7 Å². The Morgan fingerprint density at radius 3 is 2.13 bits per heavy atom. The molecule has 0 saturated heterocycles. The summed E-state index contributed by atoms with van der Waals surface area (Å²) in [6.45, 7) is 1.53. The van der Waals surface area contributed by atoms with Crippen molar-refractivity contribution in [2.75, 3.05) is 19.5 Å². The predicted molar refractivity (Wildman–Crippen MR) is 119 cm³/mol. The quantitative estimate of drug-likeness (QED) is 0.545. The Bertz CT molecular complexity index is 1030. The third kappa shape index (κ3) is 5.85. The van der Waals surface area contributed by atoms with Gasteiger partial charge in [0.25, 0.3) is 5.91 Å². The van der Waals surface area contributed by atoms with Crippen molar-refractivity contribution in [1.82, 2.24) is 0 Å². The third-order valence-corrected chi connectivity index (χ3v) is 4.74. The van der Waals surface area contributed by atoms with E-state index in [9.17, 15) is 9.59 Å². The molecule has 160 valence electrons. The van der Waals surface area contributed by atoms with Crippen molar-refractivity contribution in [1.29, 1.82) is 0 Å². The number of anilines is 1. The molecule has 1 unspecified atom stereocenters. The summed E-state index contributed by atoms with van der Waals surface area (Å²) in [6, 6.07) is 22.7. The molecule has 1 amide bonds. The molecule has 0 spiro atoms. The zero-order valence-corrected chi connectivity index (χ0v) is 17.8. The van der Waals surface area contributed by atoms with Crippen molar-refractivity contribution in [3.05, 3.63) is 78.4 Å². The zero-order chi connectivity index (χ0) is 22.2. The van der Waals surface area contributed by atoms with Crippen molar-refractivity contribution < 1.29 is 23.8 Å².